The number of nitrogens with zero attached hydrogens (tertiary/aromatic N) is 4. The SMILES string of the molecule is CCCn1ccc(=O)n(CCc2cnn(C)c2)c1=O. The summed E-state index contributed by atoms with van der Waals surface area (Å²) in [6.07, 6.45) is 6.69. The molecule has 0 unspecified atom stereocenters. The van der Waals surface area contributed by atoms with Gasteiger partial charge >= 0.3 is 5.69 Å². The van der Waals surface area contributed by atoms with Crippen LogP contribution in [-0.2, 0) is 26.6 Å². The minimum atomic E-state index is -0.249. The number of hydrogen-bond acceptors (Lipinski definition) is 3. The number of rotatable bonds is 5. The van der Waals surface area contributed by atoms with Crippen molar-refractivity contribution in [2.24, 2.45) is 7.05 Å². The largest absolute Gasteiger partial charge is 0.330 e. The maximum absolute atomic E-state index is 12.1. The second-order valence-electron chi connectivity index (χ2n) is 4.55. The van der Waals surface area contributed by atoms with Crippen LogP contribution in [0.1, 0.15) is 18.9 Å². The van der Waals surface area contributed by atoms with Gasteiger partial charge in [-0.2, -0.15) is 5.10 Å². The molecule has 0 fully saturated rings. The number of hydrogen-bond donors (Lipinski definition) is 0. The van der Waals surface area contributed by atoms with Crippen molar-refractivity contribution in [3.05, 3.63) is 51.1 Å². The molecule has 6 nitrogen and oxygen atoms in total. The fourth-order valence-corrected chi connectivity index (χ4v) is 2.02. The number of aryl methyl sites for hydroxylation is 3. The molecule has 0 aromatic carbocycles. The molecule has 0 atom stereocenters. The third-order valence-electron chi connectivity index (χ3n) is 2.99. The summed E-state index contributed by atoms with van der Waals surface area (Å²) in [5.74, 6) is 0. The van der Waals surface area contributed by atoms with Crippen molar-refractivity contribution in [1.82, 2.24) is 18.9 Å². The molecule has 2 rings (SSSR count). The van der Waals surface area contributed by atoms with Crippen molar-refractivity contribution in [3.8, 4) is 0 Å². The van der Waals surface area contributed by atoms with Gasteiger partial charge in [-0.3, -0.25) is 14.0 Å². The second kappa shape index (κ2) is 5.69. The Hall–Kier alpha value is -2.11. The molecule has 0 amide bonds. The molecule has 19 heavy (non-hydrogen) atoms. The summed E-state index contributed by atoms with van der Waals surface area (Å²) in [7, 11) is 1.84. The van der Waals surface area contributed by atoms with Gasteiger partial charge in [0.1, 0.15) is 0 Å². The van der Waals surface area contributed by atoms with Crippen molar-refractivity contribution < 1.29 is 0 Å². The molecule has 102 valence electrons. The van der Waals surface area contributed by atoms with E-state index in [-0.39, 0.29) is 11.2 Å². The zero-order chi connectivity index (χ0) is 13.8. The van der Waals surface area contributed by atoms with Crippen LogP contribution in [0, 0.1) is 0 Å². The van der Waals surface area contributed by atoms with E-state index in [9.17, 15) is 9.59 Å². The topological polar surface area (TPSA) is 61.8 Å². The lowest BCUT2D eigenvalue weighted by Gasteiger charge is -2.08. The summed E-state index contributed by atoms with van der Waals surface area (Å²) in [5.41, 5.74) is 0.527. The van der Waals surface area contributed by atoms with Crippen LogP contribution in [0.2, 0.25) is 0 Å². The Labute approximate surface area is 110 Å². The first-order valence-corrected chi connectivity index (χ1v) is 6.39. The van der Waals surface area contributed by atoms with E-state index in [1.807, 2.05) is 20.2 Å². The highest BCUT2D eigenvalue weighted by atomic mass is 16.2. The van der Waals surface area contributed by atoms with Crippen molar-refractivity contribution in [1.29, 1.82) is 0 Å². The van der Waals surface area contributed by atoms with Crippen molar-refractivity contribution >= 4 is 0 Å². The standard InChI is InChI=1S/C13H18N4O2/c1-3-6-16-7-5-12(18)17(13(16)19)8-4-11-9-14-15(2)10-11/h5,7,9-10H,3-4,6,8H2,1-2H3. The van der Waals surface area contributed by atoms with Gasteiger partial charge in [-0.05, 0) is 18.4 Å². The van der Waals surface area contributed by atoms with Crippen LogP contribution < -0.4 is 11.2 Å². The van der Waals surface area contributed by atoms with E-state index in [1.54, 1.807) is 21.6 Å². The van der Waals surface area contributed by atoms with Crippen molar-refractivity contribution in [2.45, 2.75) is 32.9 Å². The average molecular weight is 262 g/mol. The van der Waals surface area contributed by atoms with Crippen molar-refractivity contribution in [2.75, 3.05) is 0 Å². The quantitative estimate of drug-likeness (QED) is 0.783. The Balaban J connectivity index is 2.22. The molecule has 0 radical (unpaired) electrons. The second-order valence-corrected chi connectivity index (χ2v) is 4.55. The lowest BCUT2D eigenvalue weighted by molar-refractivity contribution is 0.545. The molecular weight excluding hydrogens is 244 g/mol. The van der Waals surface area contributed by atoms with Gasteiger partial charge in [-0.1, -0.05) is 6.92 Å². The molecule has 2 heterocycles. The van der Waals surface area contributed by atoms with E-state index in [4.69, 9.17) is 0 Å². The molecule has 2 aromatic rings. The van der Waals surface area contributed by atoms with E-state index < -0.39 is 0 Å². The first-order valence-electron chi connectivity index (χ1n) is 6.39. The van der Waals surface area contributed by atoms with Gasteiger partial charge in [-0.25, -0.2) is 4.79 Å². The maximum Gasteiger partial charge on any atom is 0.330 e. The first kappa shape index (κ1) is 13.3. The summed E-state index contributed by atoms with van der Waals surface area (Å²) in [4.78, 5) is 23.9. The summed E-state index contributed by atoms with van der Waals surface area (Å²) < 4.78 is 4.56. The molecule has 0 N–H and O–H groups in total. The fraction of sp³-hybridized carbons (Fsp3) is 0.462. The fourth-order valence-electron chi connectivity index (χ4n) is 2.02. The van der Waals surface area contributed by atoms with Gasteiger partial charge in [0.25, 0.3) is 5.56 Å². The molecule has 0 saturated carbocycles. The Morgan fingerprint density at radius 1 is 1.26 bits per heavy atom. The lowest BCUT2D eigenvalue weighted by Crippen LogP contribution is -2.39. The van der Waals surface area contributed by atoms with E-state index in [1.165, 1.54) is 10.6 Å². The normalized spacial score (nSPS) is 10.8. The molecule has 0 spiro atoms. The monoisotopic (exact) mass is 262 g/mol. The third-order valence-corrected chi connectivity index (χ3v) is 2.99. The molecule has 0 aliphatic heterocycles. The van der Waals surface area contributed by atoms with Crippen LogP contribution in [0.3, 0.4) is 0 Å². The highest BCUT2D eigenvalue weighted by molar-refractivity contribution is 5.03. The summed E-state index contributed by atoms with van der Waals surface area (Å²) in [6, 6.07) is 1.44. The van der Waals surface area contributed by atoms with Gasteiger partial charge in [-0.15, -0.1) is 0 Å². The van der Waals surface area contributed by atoms with Crippen LogP contribution in [0.5, 0.6) is 0 Å². The third kappa shape index (κ3) is 3.01. The maximum atomic E-state index is 12.1. The van der Waals surface area contributed by atoms with Gasteiger partial charge in [0.2, 0.25) is 0 Å². The summed E-state index contributed by atoms with van der Waals surface area (Å²) in [6.45, 7) is 3.01. The summed E-state index contributed by atoms with van der Waals surface area (Å²) >= 11 is 0. The minimum absolute atomic E-state index is 0.238. The van der Waals surface area contributed by atoms with E-state index in [0.29, 0.717) is 19.5 Å². The molecule has 0 bridgehead atoms. The van der Waals surface area contributed by atoms with Gasteiger partial charge in [0.05, 0.1) is 6.20 Å². The van der Waals surface area contributed by atoms with E-state index in [2.05, 4.69) is 5.10 Å². The van der Waals surface area contributed by atoms with E-state index in [0.717, 1.165) is 12.0 Å². The van der Waals surface area contributed by atoms with Crippen LogP contribution in [0.4, 0.5) is 0 Å². The van der Waals surface area contributed by atoms with Crippen LogP contribution in [0.25, 0.3) is 0 Å². The zero-order valence-corrected chi connectivity index (χ0v) is 11.2. The van der Waals surface area contributed by atoms with Gasteiger partial charge in [0.15, 0.2) is 0 Å². The van der Waals surface area contributed by atoms with E-state index >= 15 is 0 Å². The molecular formula is C13H18N4O2. The first-order chi connectivity index (χ1) is 9.11. The van der Waals surface area contributed by atoms with Crippen LogP contribution >= 0.6 is 0 Å². The Kier molecular flexibility index (Phi) is 3.99. The molecule has 0 aliphatic rings. The predicted molar refractivity (Wildman–Crippen MR) is 72.2 cm³/mol. The molecule has 2 aromatic heterocycles. The average Bonchev–Trinajstić information content (AvgIpc) is 2.79. The number of aromatic nitrogens is 4. The minimum Gasteiger partial charge on any atom is -0.300 e. The van der Waals surface area contributed by atoms with Crippen LogP contribution in [0.15, 0.2) is 34.2 Å². The van der Waals surface area contributed by atoms with Gasteiger partial charge < -0.3 is 4.57 Å². The molecule has 0 aliphatic carbocycles. The predicted octanol–water partition coefficient (Wildman–Crippen LogP) is 0.396. The lowest BCUT2D eigenvalue weighted by atomic mass is 10.2. The smallest absolute Gasteiger partial charge is 0.300 e. The highest BCUT2D eigenvalue weighted by Crippen LogP contribution is 1.98. The summed E-state index contributed by atoms with van der Waals surface area (Å²) in [5, 5.41) is 4.07. The molecule has 6 heteroatoms. The Morgan fingerprint density at radius 2 is 2.05 bits per heavy atom. The Bertz CT molecular complexity index is 666. The zero-order valence-electron chi connectivity index (χ0n) is 11.2. The highest BCUT2D eigenvalue weighted by Gasteiger charge is 2.05. The van der Waals surface area contributed by atoms with Gasteiger partial charge in [0, 0.05) is 38.6 Å². The van der Waals surface area contributed by atoms with Crippen LogP contribution in [-0.4, -0.2) is 18.9 Å². The molecule has 0 saturated heterocycles. The van der Waals surface area contributed by atoms with Crippen molar-refractivity contribution in [3.63, 3.8) is 0 Å². The Morgan fingerprint density at radius 3 is 2.68 bits per heavy atom.